The molecule has 0 amide bonds. The Labute approximate surface area is 114 Å². The molecule has 0 atom stereocenters. The molecule has 2 rings (SSSR count). The molecule has 2 aromatic heterocycles. The number of nitrogens with one attached hydrogen (secondary N) is 1. The third kappa shape index (κ3) is 2.51. The van der Waals surface area contributed by atoms with E-state index in [1.807, 2.05) is 31.5 Å². The lowest BCUT2D eigenvalue weighted by molar-refractivity contribution is 0.102. The van der Waals surface area contributed by atoms with Crippen LogP contribution in [0.5, 0.6) is 0 Å². The standard InChI is InChI=1S/C12H16N4O2S/c1-7-5-9(8(2)15(7)3)10(17)6-19-12-14-13-11(18)16(12)4/h5H,6H2,1-4H3,(H,13,18). The maximum atomic E-state index is 12.2. The minimum absolute atomic E-state index is 0.0432. The summed E-state index contributed by atoms with van der Waals surface area (Å²) in [5.74, 6) is 0.309. The summed E-state index contributed by atoms with van der Waals surface area (Å²) in [6.07, 6.45) is 0. The number of hydrogen-bond donors (Lipinski definition) is 1. The van der Waals surface area contributed by atoms with E-state index in [0.29, 0.717) is 5.16 Å². The van der Waals surface area contributed by atoms with Gasteiger partial charge in [-0.15, -0.1) is 5.10 Å². The Morgan fingerprint density at radius 2 is 2.05 bits per heavy atom. The van der Waals surface area contributed by atoms with Crippen molar-refractivity contribution in [3.8, 4) is 0 Å². The van der Waals surface area contributed by atoms with Crippen LogP contribution >= 0.6 is 11.8 Å². The predicted molar refractivity (Wildman–Crippen MR) is 73.8 cm³/mol. The third-order valence-electron chi connectivity index (χ3n) is 3.25. The van der Waals surface area contributed by atoms with Crippen LogP contribution in [0.1, 0.15) is 21.7 Å². The van der Waals surface area contributed by atoms with Crippen molar-refractivity contribution >= 4 is 17.5 Å². The number of carbonyl (C=O) groups excluding carboxylic acids is 1. The number of carbonyl (C=O) groups is 1. The number of rotatable bonds is 4. The molecular formula is C12H16N4O2S. The first-order chi connectivity index (χ1) is 8.91. The van der Waals surface area contributed by atoms with Gasteiger partial charge >= 0.3 is 5.69 Å². The summed E-state index contributed by atoms with van der Waals surface area (Å²) in [5, 5.41) is 6.72. The van der Waals surface area contributed by atoms with Gasteiger partial charge in [-0.2, -0.15) is 0 Å². The van der Waals surface area contributed by atoms with E-state index in [2.05, 4.69) is 10.2 Å². The Balaban J connectivity index is 2.12. The van der Waals surface area contributed by atoms with Gasteiger partial charge in [0.15, 0.2) is 10.9 Å². The smallest absolute Gasteiger partial charge is 0.343 e. The van der Waals surface area contributed by atoms with Crippen LogP contribution in [-0.4, -0.2) is 30.9 Å². The monoisotopic (exact) mass is 280 g/mol. The van der Waals surface area contributed by atoms with Crippen molar-refractivity contribution in [3.05, 3.63) is 33.5 Å². The highest BCUT2D eigenvalue weighted by Crippen LogP contribution is 2.18. The second-order valence-corrected chi connectivity index (χ2v) is 5.37. The van der Waals surface area contributed by atoms with Crippen LogP contribution in [-0.2, 0) is 14.1 Å². The summed E-state index contributed by atoms with van der Waals surface area (Å²) in [7, 11) is 3.56. The Hall–Kier alpha value is -1.76. The van der Waals surface area contributed by atoms with Gasteiger partial charge in [0.2, 0.25) is 0 Å². The van der Waals surface area contributed by atoms with Crippen molar-refractivity contribution in [1.29, 1.82) is 0 Å². The number of nitrogens with zero attached hydrogens (tertiary/aromatic N) is 3. The zero-order chi connectivity index (χ0) is 14.2. The fourth-order valence-corrected chi connectivity index (χ4v) is 2.61. The summed E-state index contributed by atoms with van der Waals surface area (Å²) in [5.41, 5.74) is 2.46. The zero-order valence-corrected chi connectivity index (χ0v) is 12.2. The highest BCUT2D eigenvalue weighted by molar-refractivity contribution is 7.99. The molecule has 0 bridgehead atoms. The van der Waals surface area contributed by atoms with Crippen LogP contribution in [0.4, 0.5) is 0 Å². The van der Waals surface area contributed by atoms with E-state index < -0.39 is 0 Å². The molecule has 1 N–H and O–H groups in total. The lowest BCUT2D eigenvalue weighted by atomic mass is 10.2. The third-order valence-corrected chi connectivity index (χ3v) is 4.28. The Bertz CT molecular complexity index is 680. The lowest BCUT2D eigenvalue weighted by Crippen LogP contribution is -2.13. The fraction of sp³-hybridized carbons (Fsp3) is 0.417. The van der Waals surface area contributed by atoms with E-state index in [1.165, 1.54) is 16.3 Å². The second kappa shape index (κ2) is 5.08. The molecule has 0 saturated heterocycles. The number of aryl methyl sites for hydroxylation is 1. The van der Waals surface area contributed by atoms with Crippen molar-refractivity contribution in [2.24, 2.45) is 14.1 Å². The first-order valence-corrected chi connectivity index (χ1v) is 6.80. The Morgan fingerprint density at radius 1 is 1.37 bits per heavy atom. The van der Waals surface area contributed by atoms with Gasteiger partial charge in [0.25, 0.3) is 0 Å². The first kappa shape index (κ1) is 13.7. The van der Waals surface area contributed by atoms with Gasteiger partial charge in [0, 0.05) is 31.0 Å². The van der Waals surface area contributed by atoms with Gasteiger partial charge in [-0.05, 0) is 19.9 Å². The van der Waals surface area contributed by atoms with Crippen molar-refractivity contribution in [1.82, 2.24) is 19.3 Å². The zero-order valence-electron chi connectivity index (χ0n) is 11.4. The van der Waals surface area contributed by atoms with E-state index >= 15 is 0 Å². The van der Waals surface area contributed by atoms with E-state index in [4.69, 9.17) is 0 Å². The average molecular weight is 280 g/mol. The molecule has 0 unspecified atom stereocenters. The van der Waals surface area contributed by atoms with Crippen molar-refractivity contribution in [2.45, 2.75) is 19.0 Å². The highest BCUT2D eigenvalue weighted by Gasteiger charge is 2.15. The molecule has 0 spiro atoms. The number of aromatic amines is 1. The number of ketones is 1. The van der Waals surface area contributed by atoms with Gasteiger partial charge in [-0.25, -0.2) is 9.89 Å². The summed E-state index contributed by atoms with van der Waals surface area (Å²) in [6, 6.07) is 1.89. The lowest BCUT2D eigenvalue weighted by Gasteiger charge is -2.02. The molecule has 0 fully saturated rings. The molecule has 7 heteroatoms. The van der Waals surface area contributed by atoms with Gasteiger partial charge in [0.1, 0.15) is 0 Å². The number of aromatic nitrogens is 4. The van der Waals surface area contributed by atoms with Crippen LogP contribution in [0.2, 0.25) is 0 Å². The van der Waals surface area contributed by atoms with E-state index in [0.717, 1.165) is 17.0 Å². The Kier molecular flexibility index (Phi) is 3.66. The minimum atomic E-state index is -0.276. The van der Waals surface area contributed by atoms with Gasteiger partial charge in [-0.3, -0.25) is 9.36 Å². The average Bonchev–Trinajstić information content (AvgIpc) is 2.83. The molecule has 0 radical (unpaired) electrons. The summed E-state index contributed by atoms with van der Waals surface area (Å²) >= 11 is 1.26. The number of Topliss-reactive ketones (excluding diaryl/α,β-unsaturated/α-hetero) is 1. The molecule has 0 aliphatic carbocycles. The maximum absolute atomic E-state index is 12.2. The normalized spacial score (nSPS) is 10.9. The van der Waals surface area contributed by atoms with E-state index in [-0.39, 0.29) is 17.2 Å². The molecule has 2 aromatic rings. The highest BCUT2D eigenvalue weighted by atomic mass is 32.2. The van der Waals surface area contributed by atoms with Crippen molar-refractivity contribution in [2.75, 3.05) is 5.75 Å². The first-order valence-electron chi connectivity index (χ1n) is 5.82. The predicted octanol–water partition coefficient (Wildman–Crippen LogP) is 1.04. The summed E-state index contributed by atoms with van der Waals surface area (Å²) in [6.45, 7) is 3.89. The van der Waals surface area contributed by atoms with Crippen LogP contribution in [0, 0.1) is 13.8 Å². The molecule has 2 heterocycles. The van der Waals surface area contributed by atoms with Crippen LogP contribution < -0.4 is 5.69 Å². The van der Waals surface area contributed by atoms with Crippen LogP contribution in [0.3, 0.4) is 0 Å². The van der Waals surface area contributed by atoms with Gasteiger partial charge in [0.05, 0.1) is 5.75 Å². The topological polar surface area (TPSA) is 72.7 Å². The molecular weight excluding hydrogens is 264 g/mol. The number of thioether (sulfide) groups is 1. The van der Waals surface area contributed by atoms with Crippen molar-refractivity contribution in [3.63, 3.8) is 0 Å². The van der Waals surface area contributed by atoms with Crippen LogP contribution in [0.25, 0.3) is 0 Å². The number of hydrogen-bond acceptors (Lipinski definition) is 4. The van der Waals surface area contributed by atoms with Gasteiger partial charge in [-0.1, -0.05) is 11.8 Å². The molecule has 0 aliphatic rings. The SMILES string of the molecule is Cc1cc(C(=O)CSc2n[nH]c(=O)n2C)c(C)n1C. The van der Waals surface area contributed by atoms with Gasteiger partial charge < -0.3 is 4.57 Å². The van der Waals surface area contributed by atoms with Crippen molar-refractivity contribution < 1.29 is 4.79 Å². The Morgan fingerprint density at radius 3 is 2.53 bits per heavy atom. The molecule has 6 nitrogen and oxygen atoms in total. The minimum Gasteiger partial charge on any atom is -0.351 e. The maximum Gasteiger partial charge on any atom is 0.343 e. The quantitative estimate of drug-likeness (QED) is 0.671. The molecule has 19 heavy (non-hydrogen) atoms. The molecule has 102 valence electrons. The summed E-state index contributed by atoms with van der Waals surface area (Å²) in [4.78, 5) is 23.4. The van der Waals surface area contributed by atoms with Crippen LogP contribution in [0.15, 0.2) is 16.0 Å². The number of H-pyrrole nitrogens is 1. The second-order valence-electron chi connectivity index (χ2n) is 4.43. The molecule has 0 aliphatic heterocycles. The summed E-state index contributed by atoms with van der Waals surface area (Å²) < 4.78 is 3.38. The largest absolute Gasteiger partial charge is 0.351 e. The van der Waals surface area contributed by atoms with E-state index in [9.17, 15) is 9.59 Å². The molecule has 0 aromatic carbocycles. The fourth-order valence-electron chi connectivity index (χ4n) is 1.81. The molecule has 0 saturated carbocycles. The van der Waals surface area contributed by atoms with E-state index in [1.54, 1.807) is 7.05 Å².